The van der Waals surface area contributed by atoms with Gasteiger partial charge in [0, 0.05) is 5.56 Å². The molecule has 0 bridgehead atoms. The van der Waals surface area contributed by atoms with Crippen LogP contribution in [0.25, 0.3) is 0 Å². The summed E-state index contributed by atoms with van der Waals surface area (Å²) in [7, 11) is 0. The first kappa shape index (κ1) is 12.9. The number of carboxylic acid groups (broad SMARTS) is 1. The molecule has 0 aliphatic heterocycles. The minimum atomic E-state index is -1.15. The summed E-state index contributed by atoms with van der Waals surface area (Å²) in [6.07, 6.45) is 0. The van der Waals surface area contributed by atoms with Crippen molar-refractivity contribution >= 4 is 17.7 Å². The Labute approximate surface area is 98.0 Å². The third-order valence-corrected chi connectivity index (χ3v) is 2.14. The highest BCUT2D eigenvalue weighted by molar-refractivity contribution is 6.06. The van der Waals surface area contributed by atoms with Crippen molar-refractivity contribution in [1.82, 2.24) is 0 Å². The SMILES string of the molecule is CCOC(=O)c1ccc(C(=O)O)cc1C(C)=O. The van der Waals surface area contributed by atoms with Gasteiger partial charge >= 0.3 is 11.9 Å². The molecule has 5 heteroatoms. The fourth-order valence-corrected chi connectivity index (χ4v) is 1.36. The van der Waals surface area contributed by atoms with Gasteiger partial charge in [-0.05, 0) is 32.0 Å². The van der Waals surface area contributed by atoms with Crippen LogP contribution in [0.4, 0.5) is 0 Å². The monoisotopic (exact) mass is 236 g/mol. The van der Waals surface area contributed by atoms with Crippen LogP contribution in [0.2, 0.25) is 0 Å². The van der Waals surface area contributed by atoms with Crippen molar-refractivity contribution in [2.75, 3.05) is 6.61 Å². The Morgan fingerprint density at radius 1 is 1.24 bits per heavy atom. The summed E-state index contributed by atoms with van der Waals surface area (Å²) in [5, 5.41) is 8.80. The van der Waals surface area contributed by atoms with Crippen LogP contribution in [0.1, 0.15) is 44.9 Å². The number of carbonyl (C=O) groups is 3. The minimum Gasteiger partial charge on any atom is -0.478 e. The molecule has 0 saturated heterocycles. The lowest BCUT2D eigenvalue weighted by Gasteiger charge is -2.07. The molecule has 1 aromatic rings. The largest absolute Gasteiger partial charge is 0.478 e. The molecule has 0 aliphatic carbocycles. The van der Waals surface area contributed by atoms with Gasteiger partial charge in [-0.2, -0.15) is 0 Å². The highest BCUT2D eigenvalue weighted by Crippen LogP contribution is 2.14. The maximum Gasteiger partial charge on any atom is 0.338 e. The van der Waals surface area contributed by atoms with E-state index in [1.807, 2.05) is 0 Å². The van der Waals surface area contributed by atoms with Crippen LogP contribution in [0.5, 0.6) is 0 Å². The topological polar surface area (TPSA) is 80.7 Å². The smallest absolute Gasteiger partial charge is 0.338 e. The van der Waals surface area contributed by atoms with Gasteiger partial charge in [0.25, 0.3) is 0 Å². The van der Waals surface area contributed by atoms with Gasteiger partial charge in [-0.25, -0.2) is 9.59 Å². The van der Waals surface area contributed by atoms with Gasteiger partial charge in [0.05, 0.1) is 17.7 Å². The lowest BCUT2D eigenvalue weighted by atomic mass is 10.0. The first-order valence-corrected chi connectivity index (χ1v) is 5.02. The van der Waals surface area contributed by atoms with Gasteiger partial charge in [0.2, 0.25) is 0 Å². The zero-order valence-corrected chi connectivity index (χ0v) is 9.52. The zero-order chi connectivity index (χ0) is 13.0. The maximum absolute atomic E-state index is 11.5. The molecule has 0 atom stereocenters. The summed E-state index contributed by atoms with van der Waals surface area (Å²) in [5.74, 6) is -2.16. The molecule has 0 heterocycles. The second kappa shape index (κ2) is 5.25. The molecule has 0 saturated carbocycles. The van der Waals surface area contributed by atoms with Gasteiger partial charge in [0.15, 0.2) is 5.78 Å². The van der Waals surface area contributed by atoms with Crippen molar-refractivity contribution < 1.29 is 24.2 Å². The van der Waals surface area contributed by atoms with E-state index >= 15 is 0 Å². The molecular weight excluding hydrogens is 224 g/mol. The molecule has 1 rings (SSSR count). The molecule has 0 fully saturated rings. The zero-order valence-electron chi connectivity index (χ0n) is 9.52. The van der Waals surface area contributed by atoms with E-state index in [1.54, 1.807) is 6.92 Å². The molecule has 0 radical (unpaired) electrons. The quantitative estimate of drug-likeness (QED) is 0.636. The molecule has 90 valence electrons. The van der Waals surface area contributed by atoms with Crippen molar-refractivity contribution in [2.24, 2.45) is 0 Å². The number of ether oxygens (including phenoxy) is 1. The number of Topliss-reactive ketones (excluding diaryl/α,β-unsaturated/α-hetero) is 1. The summed E-state index contributed by atoms with van der Waals surface area (Å²) in [6, 6.07) is 3.73. The van der Waals surface area contributed by atoms with Gasteiger partial charge in [0.1, 0.15) is 0 Å². The van der Waals surface area contributed by atoms with Gasteiger partial charge in [-0.3, -0.25) is 4.79 Å². The lowest BCUT2D eigenvalue weighted by molar-refractivity contribution is 0.0522. The van der Waals surface area contributed by atoms with E-state index in [2.05, 4.69) is 0 Å². The first-order valence-electron chi connectivity index (χ1n) is 5.02. The maximum atomic E-state index is 11.5. The Bertz CT molecular complexity index is 476. The number of aromatic carboxylic acids is 1. The number of hydrogen-bond donors (Lipinski definition) is 1. The van der Waals surface area contributed by atoms with Crippen LogP contribution in [0.15, 0.2) is 18.2 Å². The summed E-state index contributed by atoms with van der Waals surface area (Å²) >= 11 is 0. The molecule has 0 spiro atoms. The predicted octanol–water partition coefficient (Wildman–Crippen LogP) is 1.76. The van der Waals surface area contributed by atoms with Gasteiger partial charge in [-0.15, -0.1) is 0 Å². The molecule has 17 heavy (non-hydrogen) atoms. The van der Waals surface area contributed by atoms with Crippen LogP contribution in [0.3, 0.4) is 0 Å². The molecule has 5 nitrogen and oxygen atoms in total. The number of benzene rings is 1. The van der Waals surface area contributed by atoms with Crippen molar-refractivity contribution in [3.05, 3.63) is 34.9 Å². The average molecular weight is 236 g/mol. The number of carbonyl (C=O) groups excluding carboxylic acids is 2. The summed E-state index contributed by atoms with van der Waals surface area (Å²) in [6.45, 7) is 3.11. The fraction of sp³-hybridized carbons (Fsp3) is 0.250. The predicted molar refractivity (Wildman–Crippen MR) is 59.4 cm³/mol. The molecule has 1 N–H and O–H groups in total. The fourth-order valence-electron chi connectivity index (χ4n) is 1.36. The van der Waals surface area contributed by atoms with Crippen LogP contribution < -0.4 is 0 Å². The van der Waals surface area contributed by atoms with Gasteiger partial charge in [-0.1, -0.05) is 0 Å². The van der Waals surface area contributed by atoms with Crippen LogP contribution >= 0.6 is 0 Å². The van der Waals surface area contributed by atoms with E-state index in [4.69, 9.17) is 9.84 Å². The number of esters is 1. The molecule has 0 amide bonds. The van der Waals surface area contributed by atoms with E-state index in [9.17, 15) is 14.4 Å². The van der Waals surface area contributed by atoms with Crippen LogP contribution in [0, 0.1) is 0 Å². The summed E-state index contributed by atoms with van der Waals surface area (Å²) < 4.78 is 4.78. The third-order valence-electron chi connectivity index (χ3n) is 2.14. The highest BCUT2D eigenvalue weighted by atomic mass is 16.5. The lowest BCUT2D eigenvalue weighted by Crippen LogP contribution is -2.12. The highest BCUT2D eigenvalue weighted by Gasteiger charge is 2.17. The Morgan fingerprint density at radius 2 is 1.88 bits per heavy atom. The number of rotatable bonds is 4. The van der Waals surface area contributed by atoms with E-state index in [-0.39, 0.29) is 29.1 Å². The van der Waals surface area contributed by atoms with E-state index in [0.29, 0.717) is 0 Å². The second-order valence-electron chi connectivity index (χ2n) is 3.34. The Balaban J connectivity index is 3.27. The van der Waals surface area contributed by atoms with E-state index in [1.165, 1.54) is 25.1 Å². The molecule has 1 aromatic carbocycles. The van der Waals surface area contributed by atoms with Gasteiger partial charge < -0.3 is 9.84 Å². The van der Waals surface area contributed by atoms with E-state index < -0.39 is 11.9 Å². The average Bonchev–Trinajstić information content (AvgIpc) is 2.28. The standard InChI is InChI=1S/C12H12O5/c1-3-17-12(16)9-5-4-8(11(14)15)6-10(9)7(2)13/h4-6H,3H2,1-2H3,(H,14,15). The summed E-state index contributed by atoms with van der Waals surface area (Å²) in [5.41, 5.74) is 0.107. The van der Waals surface area contributed by atoms with Crippen LogP contribution in [-0.2, 0) is 4.74 Å². The van der Waals surface area contributed by atoms with Crippen molar-refractivity contribution in [3.63, 3.8) is 0 Å². The van der Waals surface area contributed by atoms with Crippen LogP contribution in [-0.4, -0.2) is 29.4 Å². The number of hydrogen-bond acceptors (Lipinski definition) is 4. The first-order chi connectivity index (χ1) is 7.97. The second-order valence-corrected chi connectivity index (χ2v) is 3.34. The van der Waals surface area contributed by atoms with E-state index in [0.717, 1.165) is 0 Å². The summed E-state index contributed by atoms with van der Waals surface area (Å²) in [4.78, 5) is 33.6. The molecule has 0 aliphatic rings. The minimum absolute atomic E-state index is 0.0387. The Morgan fingerprint density at radius 3 is 2.35 bits per heavy atom. The number of carboxylic acids is 1. The van der Waals surface area contributed by atoms with Crippen molar-refractivity contribution in [2.45, 2.75) is 13.8 Å². The Kier molecular flexibility index (Phi) is 3.98. The number of ketones is 1. The third kappa shape index (κ3) is 2.90. The van der Waals surface area contributed by atoms with Crippen molar-refractivity contribution in [3.8, 4) is 0 Å². The molecule has 0 unspecified atom stereocenters. The normalized spacial score (nSPS) is 9.76. The van der Waals surface area contributed by atoms with Crippen molar-refractivity contribution in [1.29, 1.82) is 0 Å². The molecule has 0 aromatic heterocycles. The Hall–Kier alpha value is -2.17. The molecular formula is C12H12O5.